The van der Waals surface area contributed by atoms with Gasteiger partial charge in [0.1, 0.15) is 5.75 Å². The number of nitrogens with zero attached hydrogens (tertiary/aromatic N) is 3. The molecule has 1 amide bonds. The monoisotopic (exact) mass is 384 g/mol. The SMILES string of the molecule is COc1ccccc1NC(=O)Cc1noc(CN2CCC3CCCCC3C2)n1. The number of rotatable bonds is 6. The maximum atomic E-state index is 12.3. The van der Waals surface area contributed by atoms with Crippen molar-refractivity contribution in [3.63, 3.8) is 0 Å². The lowest BCUT2D eigenvalue weighted by molar-refractivity contribution is -0.115. The number of likely N-dealkylation sites (tertiary alicyclic amines) is 1. The van der Waals surface area contributed by atoms with E-state index in [9.17, 15) is 4.79 Å². The maximum absolute atomic E-state index is 12.3. The molecule has 1 aromatic carbocycles. The maximum Gasteiger partial charge on any atom is 0.240 e. The number of carbonyl (C=O) groups is 1. The van der Waals surface area contributed by atoms with Gasteiger partial charge in [-0.2, -0.15) is 4.98 Å². The van der Waals surface area contributed by atoms with Gasteiger partial charge in [-0.1, -0.05) is 36.6 Å². The van der Waals surface area contributed by atoms with Gasteiger partial charge in [0, 0.05) is 6.54 Å². The number of amides is 1. The number of anilines is 1. The highest BCUT2D eigenvalue weighted by Crippen LogP contribution is 2.36. The Kier molecular flexibility index (Phi) is 5.90. The molecular formula is C21H28N4O3. The second-order valence-corrected chi connectivity index (χ2v) is 7.86. The Balaban J connectivity index is 1.30. The molecule has 1 aliphatic carbocycles. The molecule has 1 saturated carbocycles. The predicted molar refractivity (Wildman–Crippen MR) is 105 cm³/mol. The Bertz CT molecular complexity index is 806. The van der Waals surface area contributed by atoms with Crippen LogP contribution in [0.3, 0.4) is 0 Å². The Morgan fingerprint density at radius 1 is 1.25 bits per heavy atom. The second kappa shape index (κ2) is 8.73. The summed E-state index contributed by atoms with van der Waals surface area (Å²) in [7, 11) is 1.58. The lowest BCUT2D eigenvalue weighted by Gasteiger charge is -2.40. The van der Waals surface area contributed by atoms with Crippen LogP contribution in [0.2, 0.25) is 0 Å². The topological polar surface area (TPSA) is 80.5 Å². The molecule has 2 unspecified atom stereocenters. The van der Waals surface area contributed by atoms with E-state index in [1.807, 2.05) is 12.1 Å². The number of aromatic nitrogens is 2. The molecule has 2 aromatic rings. The van der Waals surface area contributed by atoms with E-state index in [1.54, 1.807) is 19.2 Å². The van der Waals surface area contributed by atoms with Crippen molar-refractivity contribution in [1.29, 1.82) is 0 Å². The standard InChI is InChI=1S/C21H28N4O3/c1-27-18-9-5-4-8-17(18)22-20(26)12-19-23-21(28-24-19)14-25-11-10-15-6-2-3-7-16(15)13-25/h4-5,8-9,15-16H,2-3,6-7,10-14H2,1H3,(H,22,26). The number of hydrogen-bond acceptors (Lipinski definition) is 6. The molecule has 7 nitrogen and oxygen atoms in total. The van der Waals surface area contributed by atoms with E-state index < -0.39 is 0 Å². The summed E-state index contributed by atoms with van der Waals surface area (Å²) >= 11 is 0. The third-order valence-corrected chi connectivity index (χ3v) is 5.94. The molecule has 7 heteroatoms. The van der Waals surface area contributed by atoms with Crippen LogP contribution in [0.1, 0.15) is 43.8 Å². The average Bonchev–Trinajstić information content (AvgIpc) is 3.14. The van der Waals surface area contributed by atoms with E-state index >= 15 is 0 Å². The molecule has 2 fully saturated rings. The van der Waals surface area contributed by atoms with E-state index in [-0.39, 0.29) is 12.3 Å². The van der Waals surface area contributed by atoms with E-state index in [1.165, 1.54) is 32.1 Å². The van der Waals surface area contributed by atoms with Gasteiger partial charge >= 0.3 is 0 Å². The summed E-state index contributed by atoms with van der Waals surface area (Å²) in [6.45, 7) is 2.88. The number of fused-ring (bicyclic) bond motifs is 1. The molecule has 1 saturated heterocycles. The van der Waals surface area contributed by atoms with Crippen LogP contribution in [-0.2, 0) is 17.8 Å². The summed E-state index contributed by atoms with van der Waals surface area (Å²) in [5, 5.41) is 6.82. The first-order chi connectivity index (χ1) is 13.7. The molecule has 1 N–H and O–H groups in total. The van der Waals surface area contributed by atoms with Crippen LogP contribution < -0.4 is 10.1 Å². The highest BCUT2D eigenvalue weighted by atomic mass is 16.5. The van der Waals surface area contributed by atoms with Crippen molar-refractivity contribution in [2.24, 2.45) is 11.8 Å². The van der Waals surface area contributed by atoms with Gasteiger partial charge in [0.05, 0.1) is 25.8 Å². The molecule has 1 aromatic heterocycles. The zero-order chi connectivity index (χ0) is 19.3. The first-order valence-electron chi connectivity index (χ1n) is 10.2. The largest absolute Gasteiger partial charge is 0.495 e. The molecule has 150 valence electrons. The van der Waals surface area contributed by atoms with Crippen LogP contribution in [0.25, 0.3) is 0 Å². The quantitative estimate of drug-likeness (QED) is 0.823. The number of nitrogens with one attached hydrogen (secondary N) is 1. The van der Waals surface area contributed by atoms with Crippen molar-refractivity contribution in [2.75, 3.05) is 25.5 Å². The van der Waals surface area contributed by atoms with Gasteiger partial charge in [0.15, 0.2) is 5.82 Å². The molecular weight excluding hydrogens is 356 g/mol. The highest BCUT2D eigenvalue weighted by molar-refractivity contribution is 5.93. The van der Waals surface area contributed by atoms with E-state index in [2.05, 4.69) is 20.4 Å². The minimum Gasteiger partial charge on any atom is -0.495 e. The number of para-hydroxylation sites is 2. The summed E-state index contributed by atoms with van der Waals surface area (Å²) in [4.78, 5) is 19.1. The number of methoxy groups -OCH3 is 1. The van der Waals surface area contributed by atoms with Gasteiger partial charge in [-0.25, -0.2) is 0 Å². The van der Waals surface area contributed by atoms with Gasteiger partial charge in [0.2, 0.25) is 11.8 Å². The number of benzene rings is 1. The molecule has 0 bridgehead atoms. The van der Waals surface area contributed by atoms with Crippen LogP contribution in [0, 0.1) is 11.8 Å². The summed E-state index contributed by atoms with van der Waals surface area (Å²) < 4.78 is 10.6. The fraction of sp³-hybridized carbons (Fsp3) is 0.571. The van der Waals surface area contributed by atoms with E-state index in [0.717, 1.165) is 24.9 Å². The smallest absolute Gasteiger partial charge is 0.240 e. The molecule has 0 spiro atoms. The predicted octanol–water partition coefficient (Wildman–Crippen LogP) is 3.27. The Labute approximate surface area is 165 Å². The lowest BCUT2D eigenvalue weighted by atomic mass is 9.75. The average molecular weight is 384 g/mol. The fourth-order valence-electron chi connectivity index (χ4n) is 4.52. The molecule has 28 heavy (non-hydrogen) atoms. The summed E-state index contributed by atoms with van der Waals surface area (Å²) in [5.74, 6) is 3.15. The van der Waals surface area contributed by atoms with Crippen molar-refractivity contribution in [2.45, 2.75) is 45.1 Å². The van der Waals surface area contributed by atoms with Crippen molar-refractivity contribution in [3.8, 4) is 5.75 Å². The van der Waals surface area contributed by atoms with Crippen molar-refractivity contribution in [1.82, 2.24) is 15.0 Å². The number of ether oxygens (including phenoxy) is 1. The van der Waals surface area contributed by atoms with Gasteiger partial charge < -0.3 is 14.6 Å². The Morgan fingerprint density at radius 2 is 2.07 bits per heavy atom. The van der Waals surface area contributed by atoms with Gasteiger partial charge in [-0.3, -0.25) is 9.69 Å². The van der Waals surface area contributed by atoms with E-state index in [0.29, 0.717) is 29.7 Å². The first kappa shape index (κ1) is 18.9. The summed E-state index contributed by atoms with van der Waals surface area (Å²) in [6, 6.07) is 7.31. The molecule has 2 heterocycles. The Hall–Kier alpha value is -2.41. The van der Waals surface area contributed by atoms with Crippen LogP contribution in [-0.4, -0.2) is 41.1 Å². The van der Waals surface area contributed by atoms with Crippen LogP contribution in [0.15, 0.2) is 28.8 Å². The van der Waals surface area contributed by atoms with Crippen molar-refractivity contribution in [3.05, 3.63) is 36.0 Å². The minimum atomic E-state index is -0.195. The van der Waals surface area contributed by atoms with Gasteiger partial charge in [-0.05, 0) is 43.4 Å². The number of piperidine rings is 1. The van der Waals surface area contributed by atoms with Crippen LogP contribution in [0.5, 0.6) is 5.75 Å². The zero-order valence-corrected chi connectivity index (χ0v) is 16.4. The molecule has 2 atom stereocenters. The lowest BCUT2D eigenvalue weighted by Crippen LogP contribution is -2.41. The normalized spacial score (nSPS) is 22.5. The third-order valence-electron chi connectivity index (χ3n) is 5.94. The summed E-state index contributed by atoms with van der Waals surface area (Å²) in [6.07, 6.45) is 6.84. The minimum absolute atomic E-state index is 0.0756. The number of carbonyl (C=O) groups excluding carboxylic acids is 1. The summed E-state index contributed by atoms with van der Waals surface area (Å²) in [5.41, 5.74) is 0.633. The van der Waals surface area contributed by atoms with Gasteiger partial charge in [-0.15, -0.1) is 0 Å². The third kappa shape index (κ3) is 4.52. The molecule has 0 radical (unpaired) electrons. The van der Waals surface area contributed by atoms with Gasteiger partial charge in [0.25, 0.3) is 0 Å². The fourth-order valence-corrected chi connectivity index (χ4v) is 4.52. The van der Waals surface area contributed by atoms with Crippen LogP contribution >= 0.6 is 0 Å². The first-order valence-corrected chi connectivity index (χ1v) is 10.2. The van der Waals surface area contributed by atoms with Crippen molar-refractivity contribution >= 4 is 11.6 Å². The van der Waals surface area contributed by atoms with Crippen molar-refractivity contribution < 1.29 is 14.1 Å². The highest BCUT2D eigenvalue weighted by Gasteiger charge is 2.31. The Morgan fingerprint density at radius 3 is 2.93 bits per heavy atom. The number of hydrogen-bond donors (Lipinski definition) is 1. The zero-order valence-electron chi connectivity index (χ0n) is 16.4. The second-order valence-electron chi connectivity index (χ2n) is 7.86. The molecule has 1 aliphatic heterocycles. The molecule has 2 aliphatic rings. The van der Waals surface area contributed by atoms with E-state index in [4.69, 9.17) is 9.26 Å². The van der Waals surface area contributed by atoms with Crippen LogP contribution in [0.4, 0.5) is 5.69 Å². The molecule has 4 rings (SSSR count).